The normalized spacial score (nSPS) is 16.0. The molecule has 6 nitrogen and oxygen atoms in total. The molecule has 3 heterocycles. The third kappa shape index (κ3) is 3.41. The quantitative estimate of drug-likeness (QED) is 0.896. The minimum atomic E-state index is 0.0720. The summed E-state index contributed by atoms with van der Waals surface area (Å²) in [4.78, 5) is 28.4. The molecule has 26 heavy (non-hydrogen) atoms. The van der Waals surface area contributed by atoms with E-state index in [9.17, 15) is 4.79 Å². The number of nitrogens with zero attached hydrogens (tertiary/aromatic N) is 4. The van der Waals surface area contributed by atoms with E-state index in [-0.39, 0.29) is 5.91 Å². The van der Waals surface area contributed by atoms with Gasteiger partial charge in [-0.05, 0) is 56.7 Å². The van der Waals surface area contributed by atoms with Gasteiger partial charge in [0, 0.05) is 43.6 Å². The smallest absolute Gasteiger partial charge is 0.257 e. The van der Waals surface area contributed by atoms with E-state index in [1.54, 1.807) is 6.20 Å². The number of carbonyl (C=O) groups is 1. The standard InChI is InChI=1S/C20H25N5O/c1-14-15-6-4-8-17(15)24-18(23-14)9-11-22-19-16(7-5-10-21-19)20(26)25-12-2-3-13-25/h5,7,10H,2-4,6,8-9,11-13H2,1H3,(H,21,22). The van der Waals surface area contributed by atoms with Crippen molar-refractivity contribution in [1.29, 1.82) is 0 Å². The van der Waals surface area contributed by atoms with Crippen LogP contribution in [0.4, 0.5) is 5.82 Å². The molecule has 4 rings (SSSR count). The van der Waals surface area contributed by atoms with Crippen LogP contribution in [0.5, 0.6) is 0 Å². The van der Waals surface area contributed by atoms with Gasteiger partial charge in [0.15, 0.2) is 0 Å². The highest BCUT2D eigenvalue weighted by molar-refractivity contribution is 5.98. The zero-order chi connectivity index (χ0) is 17.9. The number of aryl methyl sites for hydroxylation is 2. The summed E-state index contributed by atoms with van der Waals surface area (Å²) in [6, 6.07) is 3.67. The number of aromatic nitrogens is 3. The number of amides is 1. The summed E-state index contributed by atoms with van der Waals surface area (Å²) in [6.45, 7) is 4.43. The molecule has 0 atom stereocenters. The van der Waals surface area contributed by atoms with Gasteiger partial charge in [-0.15, -0.1) is 0 Å². The lowest BCUT2D eigenvalue weighted by Crippen LogP contribution is -2.28. The largest absolute Gasteiger partial charge is 0.369 e. The molecule has 1 aliphatic heterocycles. The summed E-state index contributed by atoms with van der Waals surface area (Å²) in [5.74, 6) is 1.60. The van der Waals surface area contributed by atoms with E-state index in [1.807, 2.05) is 17.0 Å². The first-order valence-electron chi connectivity index (χ1n) is 9.56. The third-order valence-corrected chi connectivity index (χ3v) is 5.26. The summed E-state index contributed by atoms with van der Waals surface area (Å²) in [7, 11) is 0. The summed E-state index contributed by atoms with van der Waals surface area (Å²) in [5.41, 5.74) is 4.32. The van der Waals surface area contributed by atoms with E-state index in [2.05, 4.69) is 22.2 Å². The van der Waals surface area contributed by atoms with Crippen molar-refractivity contribution in [3.8, 4) is 0 Å². The van der Waals surface area contributed by atoms with Crippen molar-refractivity contribution in [3.05, 3.63) is 46.7 Å². The van der Waals surface area contributed by atoms with Gasteiger partial charge in [0.05, 0.1) is 5.56 Å². The topological polar surface area (TPSA) is 71.0 Å². The molecule has 0 unspecified atom stereocenters. The first-order chi connectivity index (χ1) is 12.7. The molecule has 1 aliphatic carbocycles. The zero-order valence-electron chi connectivity index (χ0n) is 15.3. The molecule has 1 saturated heterocycles. The maximum atomic E-state index is 12.7. The molecule has 2 aromatic heterocycles. The predicted molar refractivity (Wildman–Crippen MR) is 100 cm³/mol. The first kappa shape index (κ1) is 16.9. The van der Waals surface area contributed by atoms with Gasteiger partial charge < -0.3 is 10.2 Å². The average Bonchev–Trinajstić information content (AvgIpc) is 3.33. The molecular formula is C20H25N5O. The summed E-state index contributed by atoms with van der Waals surface area (Å²) in [5, 5.41) is 3.31. The minimum absolute atomic E-state index is 0.0720. The molecule has 1 amide bonds. The van der Waals surface area contributed by atoms with Crippen molar-refractivity contribution in [2.75, 3.05) is 25.0 Å². The SMILES string of the molecule is Cc1nc(CCNc2ncccc2C(=O)N2CCCC2)nc2c1CCC2. The van der Waals surface area contributed by atoms with Gasteiger partial charge in [-0.2, -0.15) is 0 Å². The minimum Gasteiger partial charge on any atom is -0.369 e. The Morgan fingerprint density at radius 3 is 2.88 bits per heavy atom. The van der Waals surface area contributed by atoms with Crippen molar-refractivity contribution in [3.63, 3.8) is 0 Å². The number of hydrogen-bond acceptors (Lipinski definition) is 5. The zero-order valence-corrected chi connectivity index (χ0v) is 15.3. The fraction of sp³-hybridized carbons (Fsp3) is 0.500. The lowest BCUT2D eigenvalue weighted by Gasteiger charge is -2.17. The molecule has 0 aromatic carbocycles. The molecule has 0 spiro atoms. The van der Waals surface area contributed by atoms with Crippen LogP contribution in [0, 0.1) is 6.92 Å². The number of rotatable bonds is 5. The van der Waals surface area contributed by atoms with Crippen molar-refractivity contribution in [2.24, 2.45) is 0 Å². The number of hydrogen-bond donors (Lipinski definition) is 1. The summed E-state index contributed by atoms with van der Waals surface area (Å²) < 4.78 is 0. The number of pyridine rings is 1. The van der Waals surface area contributed by atoms with E-state index in [1.165, 1.54) is 17.7 Å². The maximum absolute atomic E-state index is 12.7. The van der Waals surface area contributed by atoms with E-state index >= 15 is 0 Å². The first-order valence-corrected chi connectivity index (χ1v) is 9.56. The molecule has 2 aliphatic rings. The van der Waals surface area contributed by atoms with Gasteiger partial charge in [0.25, 0.3) is 5.91 Å². The highest BCUT2D eigenvalue weighted by atomic mass is 16.2. The van der Waals surface area contributed by atoms with Gasteiger partial charge in [0.2, 0.25) is 0 Å². The second-order valence-electron chi connectivity index (χ2n) is 7.08. The second kappa shape index (κ2) is 7.40. The Balaban J connectivity index is 1.42. The van der Waals surface area contributed by atoms with Crippen LogP contribution in [0.25, 0.3) is 0 Å². The number of carbonyl (C=O) groups excluding carboxylic acids is 1. The highest BCUT2D eigenvalue weighted by Crippen LogP contribution is 2.22. The molecular weight excluding hydrogens is 326 g/mol. The maximum Gasteiger partial charge on any atom is 0.257 e. The molecule has 0 radical (unpaired) electrons. The van der Waals surface area contributed by atoms with Gasteiger partial charge in [-0.1, -0.05) is 0 Å². The Hall–Kier alpha value is -2.50. The van der Waals surface area contributed by atoms with E-state index in [4.69, 9.17) is 4.98 Å². The van der Waals surface area contributed by atoms with Crippen LogP contribution in [0.3, 0.4) is 0 Å². The van der Waals surface area contributed by atoms with Crippen LogP contribution in [0.1, 0.15) is 52.4 Å². The monoisotopic (exact) mass is 351 g/mol. The lowest BCUT2D eigenvalue weighted by molar-refractivity contribution is 0.0793. The summed E-state index contributed by atoms with van der Waals surface area (Å²) >= 11 is 0. The Morgan fingerprint density at radius 1 is 1.19 bits per heavy atom. The number of fused-ring (bicyclic) bond motifs is 1. The fourth-order valence-electron chi connectivity index (χ4n) is 3.90. The molecule has 0 bridgehead atoms. The lowest BCUT2D eigenvalue weighted by atomic mass is 10.2. The van der Waals surface area contributed by atoms with Gasteiger partial charge >= 0.3 is 0 Å². The van der Waals surface area contributed by atoms with Crippen LogP contribution >= 0.6 is 0 Å². The van der Waals surface area contributed by atoms with Crippen LogP contribution in [0.2, 0.25) is 0 Å². The van der Waals surface area contributed by atoms with Crippen LogP contribution < -0.4 is 5.32 Å². The molecule has 136 valence electrons. The van der Waals surface area contributed by atoms with Crippen molar-refractivity contribution in [2.45, 2.75) is 45.4 Å². The summed E-state index contributed by atoms with van der Waals surface area (Å²) in [6.07, 6.45) is 7.97. The van der Waals surface area contributed by atoms with Crippen LogP contribution in [-0.2, 0) is 19.3 Å². The molecule has 1 fully saturated rings. The number of anilines is 1. The molecule has 2 aromatic rings. The van der Waals surface area contributed by atoms with E-state index in [0.717, 1.165) is 56.7 Å². The Labute approximate surface area is 154 Å². The van der Waals surface area contributed by atoms with Crippen molar-refractivity contribution < 1.29 is 4.79 Å². The van der Waals surface area contributed by atoms with Gasteiger partial charge in [-0.25, -0.2) is 15.0 Å². The van der Waals surface area contributed by atoms with Crippen LogP contribution in [0.15, 0.2) is 18.3 Å². The number of nitrogens with one attached hydrogen (secondary N) is 1. The Kier molecular flexibility index (Phi) is 4.82. The molecule has 1 N–H and O–H groups in total. The van der Waals surface area contributed by atoms with Gasteiger partial charge in [-0.3, -0.25) is 4.79 Å². The molecule has 6 heteroatoms. The van der Waals surface area contributed by atoms with E-state index in [0.29, 0.717) is 17.9 Å². The second-order valence-corrected chi connectivity index (χ2v) is 7.08. The van der Waals surface area contributed by atoms with E-state index < -0.39 is 0 Å². The average molecular weight is 351 g/mol. The fourth-order valence-corrected chi connectivity index (χ4v) is 3.90. The predicted octanol–water partition coefficient (Wildman–Crippen LogP) is 2.56. The molecule has 0 saturated carbocycles. The highest BCUT2D eigenvalue weighted by Gasteiger charge is 2.22. The number of likely N-dealkylation sites (tertiary alicyclic amines) is 1. The van der Waals surface area contributed by atoms with Crippen molar-refractivity contribution in [1.82, 2.24) is 19.9 Å². The van der Waals surface area contributed by atoms with Crippen molar-refractivity contribution >= 4 is 11.7 Å². The van der Waals surface area contributed by atoms with Gasteiger partial charge in [0.1, 0.15) is 11.6 Å². The third-order valence-electron chi connectivity index (χ3n) is 5.26. The Bertz CT molecular complexity index is 814. The van der Waals surface area contributed by atoms with Crippen LogP contribution in [-0.4, -0.2) is 45.4 Å². The Morgan fingerprint density at radius 2 is 2.04 bits per heavy atom.